The third-order valence-electron chi connectivity index (χ3n) is 10.4. The van der Waals surface area contributed by atoms with Crippen molar-refractivity contribution in [1.29, 1.82) is 0 Å². The molecule has 9 aromatic carbocycles. The van der Waals surface area contributed by atoms with Gasteiger partial charge in [-0.3, -0.25) is 0 Å². The molecule has 0 aliphatic heterocycles. The first-order chi connectivity index (χ1) is 27.3. The number of rotatable bonds is 8. The highest BCUT2D eigenvalue weighted by Crippen LogP contribution is 2.49. The Morgan fingerprint density at radius 2 is 0.691 bits per heavy atom. The lowest BCUT2D eigenvalue weighted by atomic mass is 10.0. The van der Waals surface area contributed by atoms with E-state index in [4.69, 9.17) is 4.42 Å². The normalized spacial score (nSPS) is 11.3. The topological polar surface area (TPSA) is 19.6 Å². The second kappa shape index (κ2) is 13.9. The van der Waals surface area contributed by atoms with Gasteiger partial charge in [-0.1, -0.05) is 152 Å². The van der Waals surface area contributed by atoms with Gasteiger partial charge in [0.05, 0.1) is 16.8 Å². The number of hydrogen-bond acceptors (Lipinski definition) is 3. The van der Waals surface area contributed by atoms with Crippen molar-refractivity contribution in [2.75, 3.05) is 9.80 Å². The third-order valence-corrected chi connectivity index (χ3v) is 10.4. The van der Waals surface area contributed by atoms with Gasteiger partial charge in [0.1, 0.15) is 5.58 Å². The summed E-state index contributed by atoms with van der Waals surface area (Å²) in [6, 6.07) is 77.3. The predicted molar refractivity (Wildman–Crippen MR) is 231 cm³/mol. The number of fused-ring (bicyclic) bond motifs is 5. The first-order valence-electron chi connectivity index (χ1n) is 18.7. The van der Waals surface area contributed by atoms with Gasteiger partial charge < -0.3 is 14.2 Å². The molecule has 3 nitrogen and oxygen atoms in total. The van der Waals surface area contributed by atoms with Gasteiger partial charge in [-0.25, -0.2) is 0 Å². The summed E-state index contributed by atoms with van der Waals surface area (Å²) in [6.45, 7) is 0. The van der Waals surface area contributed by atoms with Crippen LogP contribution in [-0.2, 0) is 0 Å². The van der Waals surface area contributed by atoms with Crippen LogP contribution in [0.1, 0.15) is 0 Å². The zero-order chi connectivity index (χ0) is 36.6. The van der Waals surface area contributed by atoms with E-state index in [-0.39, 0.29) is 0 Å². The summed E-state index contributed by atoms with van der Waals surface area (Å²) in [6.07, 6.45) is 0. The van der Waals surface area contributed by atoms with Gasteiger partial charge in [0.25, 0.3) is 0 Å². The smallest absolute Gasteiger partial charge is 0.161 e. The highest BCUT2D eigenvalue weighted by Gasteiger charge is 2.26. The van der Waals surface area contributed by atoms with E-state index in [0.717, 1.165) is 66.8 Å². The zero-order valence-corrected chi connectivity index (χ0v) is 30.1. The molecule has 0 spiro atoms. The highest BCUT2D eigenvalue weighted by atomic mass is 16.3. The Morgan fingerprint density at radius 3 is 1.24 bits per heavy atom. The van der Waals surface area contributed by atoms with Gasteiger partial charge in [0, 0.05) is 33.5 Å². The van der Waals surface area contributed by atoms with E-state index >= 15 is 0 Å². The van der Waals surface area contributed by atoms with Crippen LogP contribution in [0.2, 0.25) is 0 Å². The second-order valence-corrected chi connectivity index (χ2v) is 13.7. The molecule has 0 aliphatic rings. The van der Waals surface area contributed by atoms with E-state index < -0.39 is 0 Å². The molecule has 10 aromatic rings. The number of hydrogen-bond donors (Lipinski definition) is 0. The Bertz CT molecular complexity index is 2890. The molecule has 0 aliphatic carbocycles. The molecule has 0 radical (unpaired) electrons. The highest BCUT2D eigenvalue weighted by molar-refractivity contribution is 6.22. The number of para-hydroxylation sites is 2. The van der Waals surface area contributed by atoms with Gasteiger partial charge in [-0.05, 0) is 94.4 Å². The van der Waals surface area contributed by atoms with Crippen molar-refractivity contribution < 1.29 is 4.42 Å². The van der Waals surface area contributed by atoms with E-state index in [1.165, 1.54) is 22.3 Å². The molecular formula is C52H36N2O. The average molecular weight is 705 g/mol. The molecule has 0 unspecified atom stereocenters. The molecule has 0 bridgehead atoms. The van der Waals surface area contributed by atoms with E-state index in [9.17, 15) is 0 Å². The zero-order valence-electron chi connectivity index (χ0n) is 30.1. The molecule has 0 saturated heterocycles. The number of benzene rings is 9. The van der Waals surface area contributed by atoms with E-state index in [0.29, 0.717) is 0 Å². The predicted octanol–water partition coefficient (Wildman–Crippen LogP) is 15.0. The molecule has 1 aromatic heterocycles. The molecule has 260 valence electrons. The minimum atomic E-state index is 0.821. The van der Waals surface area contributed by atoms with Crippen LogP contribution in [0.15, 0.2) is 223 Å². The second-order valence-electron chi connectivity index (χ2n) is 13.7. The average Bonchev–Trinajstić information content (AvgIpc) is 3.67. The Balaban J connectivity index is 1.22. The summed E-state index contributed by atoms with van der Waals surface area (Å²) in [5.74, 6) is 0. The molecule has 0 amide bonds. The first-order valence-corrected chi connectivity index (χ1v) is 18.7. The molecule has 10 rings (SSSR count). The SMILES string of the molecule is c1ccc(-c2ccc(N(c3ccccc3)c3ccc(N(c4ccccc4)c4ccc(-c5ccccc5)cc4)c4c3oc3c5ccccc5ccc34)cc2)cc1. The Morgan fingerprint density at radius 1 is 0.273 bits per heavy atom. The van der Waals surface area contributed by atoms with Crippen LogP contribution in [0.5, 0.6) is 0 Å². The van der Waals surface area contributed by atoms with Crippen molar-refractivity contribution in [1.82, 2.24) is 0 Å². The fourth-order valence-electron chi connectivity index (χ4n) is 7.81. The van der Waals surface area contributed by atoms with E-state index in [1.54, 1.807) is 0 Å². The van der Waals surface area contributed by atoms with Crippen LogP contribution in [-0.4, -0.2) is 0 Å². The largest absolute Gasteiger partial charge is 0.453 e. The maximum atomic E-state index is 7.19. The molecule has 55 heavy (non-hydrogen) atoms. The number of furan rings is 1. The Kier molecular flexibility index (Phi) is 8.16. The monoisotopic (exact) mass is 704 g/mol. The van der Waals surface area contributed by atoms with Gasteiger partial charge >= 0.3 is 0 Å². The summed E-state index contributed by atoms with van der Waals surface area (Å²) >= 11 is 0. The summed E-state index contributed by atoms with van der Waals surface area (Å²) in [5.41, 5.74) is 12.6. The van der Waals surface area contributed by atoms with Crippen molar-refractivity contribution in [2.45, 2.75) is 0 Å². The third kappa shape index (κ3) is 5.89. The van der Waals surface area contributed by atoms with Crippen molar-refractivity contribution in [3.8, 4) is 22.3 Å². The molecule has 0 saturated carbocycles. The minimum absolute atomic E-state index is 0.821. The number of nitrogens with zero attached hydrogens (tertiary/aromatic N) is 2. The van der Waals surface area contributed by atoms with Crippen LogP contribution in [0.3, 0.4) is 0 Å². The van der Waals surface area contributed by atoms with Crippen molar-refractivity contribution in [3.05, 3.63) is 218 Å². The number of anilines is 6. The lowest BCUT2D eigenvalue weighted by molar-refractivity contribution is 0.673. The Hall–Kier alpha value is -7.36. The maximum absolute atomic E-state index is 7.19. The molecular weight excluding hydrogens is 669 g/mol. The van der Waals surface area contributed by atoms with E-state index in [1.807, 2.05) is 0 Å². The van der Waals surface area contributed by atoms with Crippen LogP contribution in [0.25, 0.3) is 55.0 Å². The van der Waals surface area contributed by atoms with Gasteiger partial charge in [0.2, 0.25) is 0 Å². The van der Waals surface area contributed by atoms with Crippen molar-refractivity contribution >= 4 is 66.8 Å². The van der Waals surface area contributed by atoms with Crippen molar-refractivity contribution in [3.63, 3.8) is 0 Å². The maximum Gasteiger partial charge on any atom is 0.161 e. The van der Waals surface area contributed by atoms with Gasteiger partial charge in [-0.2, -0.15) is 0 Å². The van der Waals surface area contributed by atoms with Crippen LogP contribution >= 0.6 is 0 Å². The fraction of sp³-hybridized carbons (Fsp3) is 0. The lowest BCUT2D eigenvalue weighted by Crippen LogP contribution is -2.13. The Labute approximate surface area is 320 Å². The molecule has 0 atom stereocenters. The molecule has 0 fully saturated rings. The molecule has 0 N–H and O–H groups in total. The summed E-state index contributed by atoms with van der Waals surface area (Å²) in [7, 11) is 0. The summed E-state index contributed by atoms with van der Waals surface area (Å²) in [4.78, 5) is 4.67. The van der Waals surface area contributed by atoms with Crippen LogP contribution in [0.4, 0.5) is 34.1 Å². The first kappa shape index (κ1) is 32.3. The van der Waals surface area contributed by atoms with Gasteiger partial charge in [-0.15, -0.1) is 0 Å². The van der Waals surface area contributed by atoms with E-state index in [2.05, 4.69) is 228 Å². The molecule has 1 heterocycles. The standard InChI is InChI=1S/C52H36N2O/c1-5-15-37(16-6-1)39-25-30-44(31-26-39)53(42-20-9-3-10-21-42)48-35-36-49(52-50(48)47-34-29-41-19-13-14-24-46(41)51(47)55-52)54(43-22-11-4-12-23-43)45-32-27-40(28-33-45)38-17-7-2-8-18-38/h1-36H. The fourth-order valence-corrected chi connectivity index (χ4v) is 7.81. The lowest BCUT2D eigenvalue weighted by Gasteiger charge is -2.29. The quantitative estimate of drug-likeness (QED) is 0.157. The van der Waals surface area contributed by atoms with Crippen LogP contribution < -0.4 is 9.80 Å². The van der Waals surface area contributed by atoms with Gasteiger partial charge in [0.15, 0.2) is 5.58 Å². The van der Waals surface area contributed by atoms with Crippen molar-refractivity contribution in [2.24, 2.45) is 0 Å². The minimum Gasteiger partial charge on any atom is -0.453 e. The molecule has 3 heteroatoms. The summed E-state index contributed by atoms with van der Waals surface area (Å²) < 4.78 is 7.19. The van der Waals surface area contributed by atoms with Crippen LogP contribution in [0, 0.1) is 0 Å². The summed E-state index contributed by atoms with van der Waals surface area (Å²) in [5, 5.41) is 4.35.